The molecule has 0 aliphatic carbocycles. The number of rotatable bonds is 13. The molecule has 0 saturated carbocycles. The molecule has 2 amide bonds. The number of hydrogen-bond donors (Lipinski definition) is 5. The molecule has 184 valence electrons. The lowest BCUT2D eigenvalue weighted by Crippen LogP contribution is -2.53. The highest BCUT2D eigenvalue weighted by molar-refractivity contribution is 6.00. The number of aliphatic hydroxyl groups is 1. The van der Waals surface area contributed by atoms with Crippen LogP contribution in [0, 0.1) is 5.92 Å². The molecule has 0 aromatic heterocycles. The van der Waals surface area contributed by atoms with E-state index in [9.17, 15) is 19.5 Å². The minimum absolute atomic E-state index is 0.123. The Morgan fingerprint density at radius 1 is 0.971 bits per heavy atom. The van der Waals surface area contributed by atoms with E-state index in [0.29, 0.717) is 11.7 Å². The summed E-state index contributed by atoms with van der Waals surface area (Å²) < 4.78 is 5.80. The number of carbonyl (C=O) groups is 3. The maximum atomic E-state index is 13.1. The molecule has 0 aliphatic heterocycles. The van der Waals surface area contributed by atoms with E-state index in [1.165, 1.54) is 0 Å². The molecular weight excluding hydrogens is 438 g/mol. The first-order valence-corrected chi connectivity index (χ1v) is 11.2. The molecule has 9 nitrogen and oxygen atoms in total. The average molecular weight is 472 g/mol. The topological polar surface area (TPSA) is 151 Å². The second-order valence-electron chi connectivity index (χ2n) is 8.49. The number of para-hydroxylation sites is 1. The number of carbonyl (C=O) groups excluding carboxylic acids is 2. The number of ether oxygens (including phenoxy) is 1. The smallest absolute Gasteiger partial charge is 0.328 e. The van der Waals surface area contributed by atoms with E-state index in [2.05, 4.69) is 24.5 Å². The van der Waals surface area contributed by atoms with Gasteiger partial charge in [0.15, 0.2) is 0 Å². The summed E-state index contributed by atoms with van der Waals surface area (Å²) in [6.45, 7) is 3.57. The Bertz CT molecular complexity index is 951. The Balaban J connectivity index is 2.19. The SMILES string of the molecule is CC(C)C[C@@H](N)COc1ccccc1C(=O)N[C@@H](Cc1ccccc1)C(=O)N[C@@H](CO)C(=O)O. The van der Waals surface area contributed by atoms with Crippen molar-refractivity contribution in [3.8, 4) is 5.75 Å². The standard InChI is InChI=1S/C25H33N3O6/c1-16(2)12-18(26)15-34-22-11-7-6-10-19(22)23(30)27-20(13-17-8-4-3-5-9-17)24(31)28-21(14-29)25(32)33/h3-11,16,18,20-21,29H,12-15,26H2,1-2H3,(H,27,30)(H,28,31)(H,32,33)/t18-,20+,21+/m1/s1. The summed E-state index contributed by atoms with van der Waals surface area (Å²) >= 11 is 0. The number of nitrogens with two attached hydrogens (primary N) is 1. The van der Waals surface area contributed by atoms with E-state index < -0.39 is 36.5 Å². The summed E-state index contributed by atoms with van der Waals surface area (Å²) in [6, 6.07) is 12.9. The number of aliphatic hydroxyl groups excluding tert-OH is 1. The molecule has 0 unspecified atom stereocenters. The van der Waals surface area contributed by atoms with E-state index in [0.717, 1.165) is 12.0 Å². The molecule has 2 aromatic rings. The van der Waals surface area contributed by atoms with Crippen molar-refractivity contribution in [2.45, 2.75) is 44.8 Å². The van der Waals surface area contributed by atoms with Gasteiger partial charge < -0.3 is 31.3 Å². The summed E-state index contributed by atoms with van der Waals surface area (Å²) in [4.78, 5) is 37.2. The Kier molecular flexibility index (Phi) is 10.5. The molecule has 9 heteroatoms. The van der Waals surface area contributed by atoms with Gasteiger partial charge in [0.1, 0.15) is 24.4 Å². The largest absolute Gasteiger partial charge is 0.491 e. The van der Waals surface area contributed by atoms with Gasteiger partial charge in [0.25, 0.3) is 5.91 Å². The predicted octanol–water partition coefficient (Wildman–Crippen LogP) is 1.34. The van der Waals surface area contributed by atoms with Crippen LogP contribution in [-0.2, 0) is 16.0 Å². The molecule has 0 fully saturated rings. The number of carboxylic acid groups (broad SMARTS) is 1. The van der Waals surface area contributed by atoms with Crippen molar-refractivity contribution >= 4 is 17.8 Å². The summed E-state index contributed by atoms with van der Waals surface area (Å²) in [7, 11) is 0. The van der Waals surface area contributed by atoms with Crippen LogP contribution in [-0.4, -0.2) is 59.3 Å². The lowest BCUT2D eigenvalue weighted by molar-refractivity contribution is -0.143. The van der Waals surface area contributed by atoms with E-state index in [4.69, 9.17) is 15.6 Å². The molecule has 0 radical (unpaired) electrons. The fourth-order valence-electron chi connectivity index (χ4n) is 3.40. The lowest BCUT2D eigenvalue weighted by atomic mass is 10.0. The number of aliphatic carboxylic acids is 1. The van der Waals surface area contributed by atoms with E-state index >= 15 is 0 Å². The van der Waals surface area contributed by atoms with Crippen LogP contribution in [0.2, 0.25) is 0 Å². The molecule has 3 atom stereocenters. The van der Waals surface area contributed by atoms with Crippen molar-refractivity contribution in [1.29, 1.82) is 0 Å². The zero-order chi connectivity index (χ0) is 25.1. The number of amides is 2. The second kappa shape index (κ2) is 13.3. The summed E-state index contributed by atoms with van der Waals surface area (Å²) in [5.74, 6) is -1.92. The van der Waals surface area contributed by atoms with Crippen LogP contribution in [0.3, 0.4) is 0 Å². The maximum absolute atomic E-state index is 13.1. The van der Waals surface area contributed by atoms with Crippen LogP contribution in [0.15, 0.2) is 54.6 Å². The fraction of sp³-hybridized carbons (Fsp3) is 0.400. The first kappa shape index (κ1) is 26.8. The first-order valence-electron chi connectivity index (χ1n) is 11.2. The van der Waals surface area contributed by atoms with Gasteiger partial charge in [0.05, 0.1) is 12.2 Å². The number of nitrogens with one attached hydrogen (secondary N) is 2. The molecule has 6 N–H and O–H groups in total. The number of carboxylic acids is 1. The Morgan fingerprint density at radius 2 is 1.62 bits per heavy atom. The van der Waals surface area contributed by atoms with E-state index in [1.54, 1.807) is 48.5 Å². The van der Waals surface area contributed by atoms with Gasteiger partial charge in [0.2, 0.25) is 5.91 Å². The third kappa shape index (κ3) is 8.49. The van der Waals surface area contributed by atoms with E-state index in [-0.39, 0.29) is 24.6 Å². The summed E-state index contributed by atoms with van der Waals surface area (Å²) in [5, 5.41) is 23.4. The first-order chi connectivity index (χ1) is 16.2. The van der Waals surface area contributed by atoms with Crippen molar-refractivity contribution in [2.75, 3.05) is 13.2 Å². The van der Waals surface area contributed by atoms with Gasteiger partial charge in [-0.2, -0.15) is 0 Å². The zero-order valence-electron chi connectivity index (χ0n) is 19.4. The summed E-state index contributed by atoms with van der Waals surface area (Å²) in [5.41, 5.74) is 7.08. The van der Waals surface area contributed by atoms with Gasteiger partial charge in [-0.15, -0.1) is 0 Å². The quantitative estimate of drug-likeness (QED) is 0.296. The molecule has 0 saturated heterocycles. The number of benzene rings is 2. The fourth-order valence-corrected chi connectivity index (χ4v) is 3.40. The molecule has 0 spiro atoms. The van der Waals surface area contributed by atoms with Gasteiger partial charge in [0, 0.05) is 12.5 Å². The Labute approximate surface area is 199 Å². The van der Waals surface area contributed by atoms with Gasteiger partial charge in [-0.3, -0.25) is 9.59 Å². The minimum Gasteiger partial charge on any atom is -0.491 e. The molecule has 0 bridgehead atoms. The van der Waals surface area contributed by atoms with Crippen molar-refractivity contribution in [3.63, 3.8) is 0 Å². The van der Waals surface area contributed by atoms with Crippen LogP contribution in [0.4, 0.5) is 0 Å². The Morgan fingerprint density at radius 3 is 2.24 bits per heavy atom. The average Bonchev–Trinajstić information content (AvgIpc) is 2.80. The van der Waals surface area contributed by atoms with Gasteiger partial charge in [-0.1, -0.05) is 56.3 Å². The lowest BCUT2D eigenvalue weighted by Gasteiger charge is -2.22. The second-order valence-corrected chi connectivity index (χ2v) is 8.49. The minimum atomic E-state index is -1.49. The molecule has 2 aromatic carbocycles. The highest BCUT2D eigenvalue weighted by Gasteiger charge is 2.27. The van der Waals surface area contributed by atoms with Crippen LogP contribution in [0.1, 0.15) is 36.2 Å². The molecule has 0 heterocycles. The van der Waals surface area contributed by atoms with Crippen LogP contribution in [0.25, 0.3) is 0 Å². The van der Waals surface area contributed by atoms with Crippen molar-refractivity contribution in [2.24, 2.45) is 11.7 Å². The van der Waals surface area contributed by atoms with Gasteiger partial charge in [-0.25, -0.2) is 4.79 Å². The van der Waals surface area contributed by atoms with Crippen molar-refractivity contribution < 1.29 is 29.3 Å². The third-order valence-corrected chi connectivity index (χ3v) is 5.06. The highest BCUT2D eigenvalue weighted by atomic mass is 16.5. The van der Waals surface area contributed by atoms with E-state index in [1.807, 2.05) is 6.07 Å². The normalized spacial score (nSPS) is 13.6. The van der Waals surface area contributed by atoms with Gasteiger partial charge >= 0.3 is 5.97 Å². The monoisotopic (exact) mass is 471 g/mol. The molecule has 2 rings (SSSR count). The van der Waals surface area contributed by atoms with Crippen LogP contribution >= 0.6 is 0 Å². The molecule has 0 aliphatic rings. The molecular formula is C25H33N3O6. The zero-order valence-corrected chi connectivity index (χ0v) is 19.4. The predicted molar refractivity (Wildman–Crippen MR) is 127 cm³/mol. The number of hydrogen-bond acceptors (Lipinski definition) is 6. The summed E-state index contributed by atoms with van der Waals surface area (Å²) in [6.07, 6.45) is 0.891. The maximum Gasteiger partial charge on any atom is 0.328 e. The van der Waals surface area contributed by atoms with Gasteiger partial charge in [-0.05, 0) is 30.0 Å². The van der Waals surface area contributed by atoms with Crippen molar-refractivity contribution in [3.05, 3.63) is 65.7 Å². The molecule has 34 heavy (non-hydrogen) atoms. The third-order valence-electron chi connectivity index (χ3n) is 5.06. The highest BCUT2D eigenvalue weighted by Crippen LogP contribution is 2.19. The van der Waals surface area contributed by atoms with Crippen molar-refractivity contribution in [1.82, 2.24) is 10.6 Å². The Hall–Kier alpha value is -3.43. The van der Waals surface area contributed by atoms with Crippen LogP contribution in [0.5, 0.6) is 5.75 Å². The van der Waals surface area contributed by atoms with Crippen LogP contribution < -0.4 is 21.1 Å².